The van der Waals surface area contributed by atoms with E-state index in [9.17, 15) is 0 Å². The summed E-state index contributed by atoms with van der Waals surface area (Å²) in [7, 11) is 0. The average Bonchev–Trinajstić information content (AvgIpc) is 2.40. The normalized spacial score (nSPS) is 18.5. The van der Waals surface area contributed by atoms with Gasteiger partial charge in [-0.1, -0.05) is 24.3 Å². The van der Waals surface area contributed by atoms with Gasteiger partial charge in [0.2, 0.25) is 0 Å². The Balaban J connectivity index is 1.76. The van der Waals surface area contributed by atoms with Gasteiger partial charge in [0.1, 0.15) is 0 Å². The maximum Gasteiger partial charge on any atom is 0.0481 e. The Bertz CT molecular complexity index is 585. The number of hydrogen-bond donors (Lipinski definition) is 2. The summed E-state index contributed by atoms with van der Waals surface area (Å²) in [6, 6.07) is 10.8. The number of halogens is 1. The number of pyridine rings is 1. The molecule has 1 aromatic carbocycles. The number of nitrogens with one attached hydrogen (secondary N) is 1. The van der Waals surface area contributed by atoms with Gasteiger partial charge in [0, 0.05) is 22.9 Å². The fourth-order valence-corrected chi connectivity index (χ4v) is 3.16. The molecule has 3 nitrogen and oxygen atoms in total. The molecular weight excluding hydrogens is 302 g/mol. The number of hydrazine groups is 1. The minimum atomic E-state index is 0.142. The summed E-state index contributed by atoms with van der Waals surface area (Å²) in [5.41, 5.74) is 6.97. The monoisotopic (exact) mass is 317 g/mol. The Morgan fingerprint density at radius 1 is 1.37 bits per heavy atom. The van der Waals surface area contributed by atoms with Crippen molar-refractivity contribution in [1.82, 2.24) is 10.4 Å². The molecule has 1 aliphatic rings. The number of benzene rings is 1. The van der Waals surface area contributed by atoms with Gasteiger partial charge in [-0.15, -0.1) is 0 Å². The molecule has 4 heteroatoms. The highest BCUT2D eigenvalue weighted by atomic mass is 79.9. The van der Waals surface area contributed by atoms with Crippen LogP contribution in [0.4, 0.5) is 0 Å². The summed E-state index contributed by atoms with van der Waals surface area (Å²) >= 11 is 3.45. The third kappa shape index (κ3) is 2.56. The van der Waals surface area contributed by atoms with Crippen molar-refractivity contribution < 1.29 is 0 Å². The van der Waals surface area contributed by atoms with Crippen molar-refractivity contribution in [3.63, 3.8) is 0 Å². The molecule has 0 bridgehead atoms. The first-order valence-electron chi connectivity index (χ1n) is 6.42. The molecule has 0 spiro atoms. The van der Waals surface area contributed by atoms with Gasteiger partial charge >= 0.3 is 0 Å². The van der Waals surface area contributed by atoms with Crippen molar-refractivity contribution in [3.8, 4) is 0 Å². The van der Waals surface area contributed by atoms with Gasteiger partial charge in [-0.25, -0.2) is 0 Å². The predicted molar refractivity (Wildman–Crippen MR) is 79.5 cm³/mol. The molecule has 2 unspecified atom stereocenters. The highest BCUT2D eigenvalue weighted by molar-refractivity contribution is 9.10. The molecule has 0 fully saturated rings. The topological polar surface area (TPSA) is 50.9 Å². The fraction of sp³-hybridized carbons (Fsp3) is 0.267. The number of nitrogens with two attached hydrogens (primary N) is 1. The molecule has 0 aliphatic heterocycles. The van der Waals surface area contributed by atoms with Crippen molar-refractivity contribution in [3.05, 3.63) is 63.9 Å². The molecule has 0 saturated carbocycles. The zero-order chi connectivity index (χ0) is 13.2. The van der Waals surface area contributed by atoms with Crippen LogP contribution < -0.4 is 11.3 Å². The van der Waals surface area contributed by atoms with Gasteiger partial charge in [-0.2, -0.15) is 0 Å². The Hall–Kier alpha value is -1.23. The first-order valence-corrected chi connectivity index (χ1v) is 7.21. The van der Waals surface area contributed by atoms with Gasteiger partial charge < -0.3 is 0 Å². The van der Waals surface area contributed by atoms with Crippen molar-refractivity contribution >= 4 is 15.9 Å². The molecule has 0 saturated heterocycles. The number of hydrogen-bond acceptors (Lipinski definition) is 3. The third-order valence-corrected chi connectivity index (χ3v) is 4.24. The van der Waals surface area contributed by atoms with Crippen LogP contribution in [0.3, 0.4) is 0 Å². The second kappa shape index (κ2) is 5.41. The van der Waals surface area contributed by atoms with E-state index >= 15 is 0 Å². The van der Waals surface area contributed by atoms with Crippen LogP contribution in [0.25, 0.3) is 0 Å². The molecule has 1 aromatic heterocycles. The van der Waals surface area contributed by atoms with Gasteiger partial charge in [-0.05, 0) is 57.4 Å². The van der Waals surface area contributed by atoms with E-state index in [0.717, 1.165) is 22.9 Å². The molecule has 2 aromatic rings. The quantitative estimate of drug-likeness (QED) is 0.673. The molecule has 98 valence electrons. The molecular formula is C15H16BrN3. The molecule has 3 N–H and O–H groups in total. The smallest absolute Gasteiger partial charge is 0.0481 e. The van der Waals surface area contributed by atoms with Crippen molar-refractivity contribution in [2.75, 3.05) is 0 Å². The van der Waals surface area contributed by atoms with Crippen LogP contribution >= 0.6 is 15.9 Å². The minimum Gasteiger partial charge on any atom is -0.271 e. The van der Waals surface area contributed by atoms with Crippen molar-refractivity contribution in [2.24, 2.45) is 5.84 Å². The Morgan fingerprint density at radius 2 is 2.21 bits per heavy atom. The summed E-state index contributed by atoms with van der Waals surface area (Å²) in [5, 5.41) is 0. The van der Waals surface area contributed by atoms with Crippen LogP contribution in [0.1, 0.15) is 35.1 Å². The van der Waals surface area contributed by atoms with Crippen LogP contribution in [0.2, 0.25) is 0 Å². The highest BCUT2D eigenvalue weighted by Crippen LogP contribution is 2.40. The third-order valence-electron chi connectivity index (χ3n) is 3.81. The fourth-order valence-electron chi connectivity index (χ4n) is 2.78. The summed E-state index contributed by atoms with van der Waals surface area (Å²) < 4.78 is 0.985. The van der Waals surface area contributed by atoms with E-state index in [1.54, 1.807) is 6.20 Å². The van der Waals surface area contributed by atoms with Crippen LogP contribution in [0.15, 0.2) is 47.2 Å². The first-order chi connectivity index (χ1) is 9.28. The Labute approximate surface area is 121 Å². The summed E-state index contributed by atoms with van der Waals surface area (Å²) in [4.78, 5) is 4.21. The standard InChI is InChI=1S/C15H16BrN3/c16-13-6-12(8-18-9-13)15(19-17)7-11-5-10-3-1-2-4-14(10)11/h1-4,6,8-9,11,15,19H,5,7,17H2. The maximum absolute atomic E-state index is 5.71. The lowest BCUT2D eigenvalue weighted by Gasteiger charge is -2.33. The second-order valence-corrected chi connectivity index (χ2v) is 5.91. The summed E-state index contributed by atoms with van der Waals surface area (Å²) in [6.07, 6.45) is 5.82. The zero-order valence-corrected chi connectivity index (χ0v) is 12.1. The Morgan fingerprint density at radius 3 is 2.95 bits per heavy atom. The lowest BCUT2D eigenvalue weighted by Crippen LogP contribution is -2.31. The van der Waals surface area contributed by atoms with Crippen LogP contribution in [0, 0.1) is 0 Å². The molecule has 2 atom stereocenters. The number of aromatic nitrogens is 1. The lowest BCUT2D eigenvalue weighted by molar-refractivity contribution is 0.434. The number of rotatable bonds is 4. The molecule has 1 aliphatic carbocycles. The van der Waals surface area contributed by atoms with Crippen LogP contribution in [-0.2, 0) is 6.42 Å². The van der Waals surface area contributed by atoms with E-state index in [4.69, 9.17) is 5.84 Å². The van der Waals surface area contributed by atoms with E-state index in [1.165, 1.54) is 11.1 Å². The maximum atomic E-state index is 5.71. The van der Waals surface area contributed by atoms with E-state index in [0.29, 0.717) is 5.92 Å². The first kappa shape index (κ1) is 12.8. The van der Waals surface area contributed by atoms with E-state index < -0.39 is 0 Å². The highest BCUT2D eigenvalue weighted by Gasteiger charge is 2.28. The van der Waals surface area contributed by atoms with Crippen molar-refractivity contribution in [1.29, 1.82) is 0 Å². The predicted octanol–water partition coefficient (Wildman–Crippen LogP) is 3.08. The lowest BCUT2D eigenvalue weighted by atomic mass is 9.74. The average molecular weight is 318 g/mol. The van der Waals surface area contributed by atoms with Crippen molar-refractivity contribution in [2.45, 2.75) is 24.8 Å². The number of nitrogens with zero attached hydrogens (tertiary/aromatic N) is 1. The largest absolute Gasteiger partial charge is 0.271 e. The summed E-state index contributed by atoms with van der Waals surface area (Å²) in [5.74, 6) is 6.30. The van der Waals surface area contributed by atoms with E-state index in [2.05, 4.69) is 56.7 Å². The Kier molecular flexibility index (Phi) is 3.64. The molecule has 19 heavy (non-hydrogen) atoms. The SMILES string of the molecule is NNC(CC1Cc2ccccc21)c1cncc(Br)c1. The minimum absolute atomic E-state index is 0.142. The molecule has 0 radical (unpaired) electrons. The molecule has 1 heterocycles. The molecule has 3 rings (SSSR count). The number of fused-ring (bicyclic) bond motifs is 1. The van der Waals surface area contributed by atoms with Gasteiger partial charge in [0.15, 0.2) is 0 Å². The van der Waals surface area contributed by atoms with E-state index in [1.807, 2.05) is 6.20 Å². The zero-order valence-electron chi connectivity index (χ0n) is 10.5. The van der Waals surface area contributed by atoms with E-state index in [-0.39, 0.29) is 6.04 Å². The van der Waals surface area contributed by atoms with Gasteiger partial charge in [0.25, 0.3) is 0 Å². The van der Waals surface area contributed by atoms with Crippen LogP contribution in [0.5, 0.6) is 0 Å². The second-order valence-electron chi connectivity index (χ2n) is 4.99. The van der Waals surface area contributed by atoms with Gasteiger partial charge in [0.05, 0.1) is 0 Å². The van der Waals surface area contributed by atoms with Gasteiger partial charge in [-0.3, -0.25) is 16.3 Å². The molecule has 0 amide bonds. The van der Waals surface area contributed by atoms with Crippen LogP contribution in [-0.4, -0.2) is 4.98 Å². The summed E-state index contributed by atoms with van der Waals surface area (Å²) in [6.45, 7) is 0.